The second kappa shape index (κ2) is 4.18. The van der Waals surface area contributed by atoms with Crippen LogP contribution < -0.4 is 11.1 Å². The third-order valence-electron chi connectivity index (χ3n) is 2.81. The molecule has 0 aliphatic heterocycles. The molecule has 1 aromatic rings. The van der Waals surface area contributed by atoms with Crippen LogP contribution >= 0.6 is 0 Å². The SMILES string of the molecule is N#Cc1cc(N)cnc1NCC1CCC1. The van der Waals surface area contributed by atoms with Crippen molar-refractivity contribution in [3.63, 3.8) is 0 Å². The highest BCUT2D eigenvalue weighted by Crippen LogP contribution is 2.26. The van der Waals surface area contributed by atoms with E-state index in [0.29, 0.717) is 17.1 Å². The van der Waals surface area contributed by atoms with Crippen molar-refractivity contribution >= 4 is 11.5 Å². The number of nitrogens with two attached hydrogens (primary N) is 1. The molecule has 1 aliphatic rings. The Morgan fingerprint density at radius 2 is 2.40 bits per heavy atom. The first-order valence-corrected chi connectivity index (χ1v) is 5.19. The van der Waals surface area contributed by atoms with E-state index in [1.54, 1.807) is 12.3 Å². The molecule has 0 amide bonds. The van der Waals surface area contributed by atoms with Gasteiger partial charge < -0.3 is 11.1 Å². The van der Waals surface area contributed by atoms with Gasteiger partial charge in [-0.25, -0.2) is 4.98 Å². The van der Waals surface area contributed by atoms with Gasteiger partial charge in [0, 0.05) is 6.54 Å². The van der Waals surface area contributed by atoms with E-state index in [0.717, 1.165) is 12.5 Å². The van der Waals surface area contributed by atoms with Gasteiger partial charge in [0.25, 0.3) is 0 Å². The predicted octanol–water partition coefficient (Wildman–Crippen LogP) is 1.75. The molecule has 1 fully saturated rings. The van der Waals surface area contributed by atoms with Crippen molar-refractivity contribution in [1.29, 1.82) is 5.26 Å². The molecule has 1 heterocycles. The van der Waals surface area contributed by atoms with Crippen LogP contribution in [0.2, 0.25) is 0 Å². The number of anilines is 2. The van der Waals surface area contributed by atoms with Gasteiger partial charge in [-0.15, -0.1) is 0 Å². The second-order valence-corrected chi connectivity index (χ2v) is 3.95. The number of nitriles is 1. The monoisotopic (exact) mass is 202 g/mol. The summed E-state index contributed by atoms with van der Waals surface area (Å²) in [4.78, 5) is 4.12. The fourth-order valence-electron chi connectivity index (χ4n) is 1.64. The standard InChI is InChI=1S/C11H14N4/c12-5-9-4-10(13)7-15-11(9)14-6-8-2-1-3-8/h4,7-8H,1-3,6,13H2,(H,14,15). The highest BCUT2D eigenvalue weighted by molar-refractivity contribution is 5.57. The van der Waals surface area contributed by atoms with Crippen molar-refractivity contribution in [3.05, 3.63) is 17.8 Å². The third kappa shape index (κ3) is 2.18. The number of nitrogen functional groups attached to an aromatic ring is 1. The summed E-state index contributed by atoms with van der Waals surface area (Å²) in [5.41, 5.74) is 6.61. The van der Waals surface area contributed by atoms with Crippen molar-refractivity contribution in [1.82, 2.24) is 4.98 Å². The summed E-state index contributed by atoms with van der Waals surface area (Å²) in [5, 5.41) is 12.1. The predicted molar refractivity (Wildman–Crippen MR) is 59.2 cm³/mol. The number of hydrogen-bond donors (Lipinski definition) is 2. The zero-order chi connectivity index (χ0) is 10.7. The second-order valence-electron chi connectivity index (χ2n) is 3.95. The van der Waals surface area contributed by atoms with Crippen LogP contribution in [0.15, 0.2) is 12.3 Å². The van der Waals surface area contributed by atoms with Crippen LogP contribution in [0, 0.1) is 17.2 Å². The quantitative estimate of drug-likeness (QED) is 0.783. The number of nitrogens with zero attached hydrogens (tertiary/aromatic N) is 2. The summed E-state index contributed by atoms with van der Waals surface area (Å²) in [7, 11) is 0. The fraction of sp³-hybridized carbons (Fsp3) is 0.455. The summed E-state index contributed by atoms with van der Waals surface area (Å²) in [5.74, 6) is 1.40. The zero-order valence-electron chi connectivity index (χ0n) is 8.53. The molecule has 0 bridgehead atoms. The molecule has 0 radical (unpaired) electrons. The zero-order valence-corrected chi connectivity index (χ0v) is 8.53. The van der Waals surface area contributed by atoms with Crippen molar-refractivity contribution in [2.45, 2.75) is 19.3 Å². The Morgan fingerprint density at radius 1 is 1.60 bits per heavy atom. The molecule has 0 atom stereocenters. The number of nitrogens with one attached hydrogen (secondary N) is 1. The van der Waals surface area contributed by atoms with Gasteiger partial charge >= 0.3 is 0 Å². The fourth-order valence-corrected chi connectivity index (χ4v) is 1.64. The Hall–Kier alpha value is -1.76. The third-order valence-corrected chi connectivity index (χ3v) is 2.81. The van der Waals surface area contributed by atoms with Crippen LogP contribution in [0.4, 0.5) is 11.5 Å². The van der Waals surface area contributed by atoms with E-state index in [1.807, 2.05) is 0 Å². The first kappa shape index (κ1) is 9.78. The molecule has 15 heavy (non-hydrogen) atoms. The van der Waals surface area contributed by atoms with Gasteiger partial charge in [0.05, 0.1) is 17.4 Å². The van der Waals surface area contributed by atoms with E-state index in [1.165, 1.54) is 19.3 Å². The van der Waals surface area contributed by atoms with E-state index in [4.69, 9.17) is 11.0 Å². The molecular weight excluding hydrogens is 188 g/mol. The highest BCUT2D eigenvalue weighted by atomic mass is 15.0. The van der Waals surface area contributed by atoms with E-state index < -0.39 is 0 Å². The van der Waals surface area contributed by atoms with Crippen LogP contribution in [0.5, 0.6) is 0 Å². The minimum Gasteiger partial charge on any atom is -0.397 e. The van der Waals surface area contributed by atoms with Crippen molar-refractivity contribution in [2.24, 2.45) is 5.92 Å². The first-order chi connectivity index (χ1) is 7.29. The Kier molecular flexibility index (Phi) is 2.72. The minimum atomic E-state index is 0.523. The van der Waals surface area contributed by atoms with Gasteiger partial charge in [-0.1, -0.05) is 6.42 Å². The van der Waals surface area contributed by atoms with Crippen LogP contribution in [0.3, 0.4) is 0 Å². The van der Waals surface area contributed by atoms with E-state index in [9.17, 15) is 0 Å². The number of aromatic nitrogens is 1. The molecule has 1 saturated carbocycles. The molecule has 4 nitrogen and oxygen atoms in total. The molecule has 1 aromatic heterocycles. The molecule has 4 heteroatoms. The maximum Gasteiger partial charge on any atom is 0.144 e. The van der Waals surface area contributed by atoms with E-state index >= 15 is 0 Å². The maximum absolute atomic E-state index is 8.89. The number of pyridine rings is 1. The van der Waals surface area contributed by atoms with Gasteiger partial charge in [-0.2, -0.15) is 5.26 Å². The lowest BCUT2D eigenvalue weighted by atomic mass is 9.85. The molecule has 2 rings (SSSR count). The Balaban J connectivity index is 2.03. The molecule has 0 saturated heterocycles. The maximum atomic E-state index is 8.89. The smallest absolute Gasteiger partial charge is 0.144 e. The lowest BCUT2D eigenvalue weighted by Crippen LogP contribution is -2.21. The van der Waals surface area contributed by atoms with E-state index in [2.05, 4.69) is 16.4 Å². The van der Waals surface area contributed by atoms with Crippen LogP contribution in [0.25, 0.3) is 0 Å². The average Bonchev–Trinajstić information content (AvgIpc) is 2.17. The highest BCUT2D eigenvalue weighted by Gasteiger charge is 2.17. The number of rotatable bonds is 3. The van der Waals surface area contributed by atoms with Gasteiger partial charge in [0.1, 0.15) is 11.9 Å². The number of hydrogen-bond acceptors (Lipinski definition) is 4. The molecule has 1 aliphatic carbocycles. The van der Waals surface area contributed by atoms with Gasteiger partial charge in [-0.05, 0) is 24.8 Å². The Morgan fingerprint density at radius 3 is 3.00 bits per heavy atom. The molecular formula is C11H14N4. The average molecular weight is 202 g/mol. The molecule has 3 N–H and O–H groups in total. The summed E-state index contributed by atoms with van der Waals surface area (Å²) in [6.07, 6.45) is 5.46. The summed E-state index contributed by atoms with van der Waals surface area (Å²) in [6, 6.07) is 3.74. The van der Waals surface area contributed by atoms with Gasteiger partial charge in [0.2, 0.25) is 0 Å². The molecule has 0 aromatic carbocycles. The summed E-state index contributed by atoms with van der Waals surface area (Å²) in [6.45, 7) is 0.908. The van der Waals surface area contributed by atoms with Crippen LogP contribution in [-0.4, -0.2) is 11.5 Å². The molecule has 78 valence electrons. The lowest BCUT2D eigenvalue weighted by Gasteiger charge is -2.25. The largest absolute Gasteiger partial charge is 0.397 e. The van der Waals surface area contributed by atoms with E-state index in [-0.39, 0.29) is 0 Å². The van der Waals surface area contributed by atoms with Gasteiger partial charge in [0.15, 0.2) is 0 Å². The van der Waals surface area contributed by atoms with Crippen LogP contribution in [0.1, 0.15) is 24.8 Å². The van der Waals surface area contributed by atoms with Gasteiger partial charge in [-0.3, -0.25) is 0 Å². The van der Waals surface area contributed by atoms with Crippen molar-refractivity contribution in [3.8, 4) is 6.07 Å². The summed E-state index contributed by atoms with van der Waals surface area (Å²) < 4.78 is 0. The molecule has 0 spiro atoms. The Labute approximate surface area is 89.1 Å². The topological polar surface area (TPSA) is 74.7 Å². The Bertz CT molecular complexity index is 390. The lowest BCUT2D eigenvalue weighted by molar-refractivity contribution is 0.333. The minimum absolute atomic E-state index is 0.523. The van der Waals surface area contributed by atoms with Crippen LogP contribution in [-0.2, 0) is 0 Å². The van der Waals surface area contributed by atoms with Crippen molar-refractivity contribution in [2.75, 3.05) is 17.6 Å². The van der Waals surface area contributed by atoms with Crippen molar-refractivity contribution < 1.29 is 0 Å². The summed E-state index contributed by atoms with van der Waals surface area (Å²) >= 11 is 0. The normalized spacial score (nSPS) is 15.4. The first-order valence-electron chi connectivity index (χ1n) is 5.19. The molecule has 0 unspecified atom stereocenters.